The molecule has 2 rings (SSSR count). The van der Waals surface area contributed by atoms with Crippen LogP contribution in [0, 0.1) is 15.9 Å². The molecule has 6 heteroatoms. The maximum atomic E-state index is 13.5. The average molecular weight is 294 g/mol. The summed E-state index contributed by atoms with van der Waals surface area (Å²) in [5, 5.41) is 15.9. The Morgan fingerprint density at radius 1 is 1.35 bits per heavy atom. The standard InChI is InChI=1S/C14H15FN2O2S/c1-14(2,12-7-4-8-20-12)9-16-11-6-3-5-10(15)13(11)17(18)19/h3-8,16H,9H2,1-2H3. The second-order valence-electron chi connectivity index (χ2n) is 5.11. The number of hydrogen-bond donors (Lipinski definition) is 1. The van der Waals surface area contributed by atoms with Gasteiger partial charge >= 0.3 is 5.69 Å². The second-order valence-corrected chi connectivity index (χ2v) is 6.06. The molecule has 0 amide bonds. The lowest BCUT2D eigenvalue weighted by Crippen LogP contribution is -2.26. The van der Waals surface area contributed by atoms with Crippen molar-refractivity contribution in [3.05, 3.63) is 56.5 Å². The molecule has 0 aliphatic rings. The number of para-hydroxylation sites is 1. The highest BCUT2D eigenvalue weighted by atomic mass is 32.1. The minimum atomic E-state index is -0.825. The Kier molecular flexibility index (Phi) is 4.04. The maximum absolute atomic E-state index is 13.5. The Labute approximate surface area is 120 Å². The van der Waals surface area contributed by atoms with Gasteiger partial charge in [-0.15, -0.1) is 11.3 Å². The number of hydrogen-bond acceptors (Lipinski definition) is 4. The van der Waals surface area contributed by atoms with Gasteiger partial charge in [-0.2, -0.15) is 4.39 Å². The van der Waals surface area contributed by atoms with Gasteiger partial charge < -0.3 is 5.32 Å². The lowest BCUT2D eigenvalue weighted by molar-refractivity contribution is -0.386. The third-order valence-electron chi connectivity index (χ3n) is 3.08. The van der Waals surface area contributed by atoms with Crippen LogP contribution in [0.3, 0.4) is 0 Å². The van der Waals surface area contributed by atoms with Gasteiger partial charge in [0.1, 0.15) is 5.69 Å². The van der Waals surface area contributed by atoms with Gasteiger partial charge in [0.25, 0.3) is 0 Å². The fraction of sp³-hybridized carbons (Fsp3) is 0.286. The Hall–Kier alpha value is -1.95. The van der Waals surface area contributed by atoms with Crippen molar-refractivity contribution in [2.75, 3.05) is 11.9 Å². The quantitative estimate of drug-likeness (QED) is 0.664. The van der Waals surface area contributed by atoms with E-state index < -0.39 is 16.4 Å². The molecule has 2 aromatic rings. The Balaban J connectivity index is 2.20. The summed E-state index contributed by atoms with van der Waals surface area (Å²) in [5.41, 5.74) is -0.483. The first-order valence-corrected chi connectivity index (χ1v) is 7.00. The van der Waals surface area contributed by atoms with Crippen LogP contribution in [0.5, 0.6) is 0 Å². The van der Waals surface area contributed by atoms with E-state index in [9.17, 15) is 14.5 Å². The van der Waals surface area contributed by atoms with Gasteiger partial charge in [-0.3, -0.25) is 10.1 Å². The third kappa shape index (κ3) is 2.96. The molecule has 1 aromatic heterocycles. The number of rotatable bonds is 5. The molecule has 0 saturated carbocycles. The molecule has 20 heavy (non-hydrogen) atoms. The van der Waals surface area contributed by atoms with Crippen LogP contribution < -0.4 is 5.32 Å². The maximum Gasteiger partial charge on any atom is 0.327 e. The first-order valence-electron chi connectivity index (χ1n) is 6.12. The van der Waals surface area contributed by atoms with Crippen LogP contribution in [0.4, 0.5) is 15.8 Å². The summed E-state index contributed by atoms with van der Waals surface area (Å²) in [7, 11) is 0. The van der Waals surface area contributed by atoms with Crippen molar-refractivity contribution in [1.29, 1.82) is 0 Å². The van der Waals surface area contributed by atoms with Crippen LogP contribution in [-0.2, 0) is 5.41 Å². The summed E-state index contributed by atoms with van der Waals surface area (Å²) < 4.78 is 13.5. The van der Waals surface area contributed by atoms with Crippen molar-refractivity contribution in [2.45, 2.75) is 19.3 Å². The smallest absolute Gasteiger partial charge is 0.327 e. The first kappa shape index (κ1) is 14.5. The van der Waals surface area contributed by atoms with Crippen molar-refractivity contribution in [3.8, 4) is 0 Å². The summed E-state index contributed by atoms with van der Waals surface area (Å²) in [6, 6.07) is 8.06. The fourth-order valence-electron chi connectivity index (χ4n) is 1.91. The molecule has 4 nitrogen and oxygen atoms in total. The third-order valence-corrected chi connectivity index (χ3v) is 4.31. The highest BCUT2D eigenvalue weighted by molar-refractivity contribution is 7.10. The molecule has 0 atom stereocenters. The van der Waals surface area contributed by atoms with E-state index in [0.29, 0.717) is 6.54 Å². The van der Waals surface area contributed by atoms with Gasteiger partial charge in [0.2, 0.25) is 5.82 Å². The highest BCUT2D eigenvalue weighted by Gasteiger charge is 2.25. The highest BCUT2D eigenvalue weighted by Crippen LogP contribution is 2.31. The number of nitrogens with zero attached hydrogens (tertiary/aromatic N) is 1. The largest absolute Gasteiger partial charge is 0.378 e. The van der Waals surface area contributed by atoms with Crippen molar-refractivity contribution < 1.29 is 9.31 Å². The van der Waals surface area contributed by atoms with Crippen molar-refractivity contribution in [1.82, 2.24) is 0 Å². The van der Waals surface area contributed by atoms with Gasteiger partial charge in [-0.1, -0.05) is 26.0 Å². The molecule has 1 heterocycles. The molecule has 0 aliphatic carbocycles. The second kappa shape index (κ2) is 5.58. The first-order chi connectivity index (χ1) is 9.42. The number of anilines is 1. The molecule has 0 bridgehead atoms. The SMILES string of the molecule is CC(C)(CNc1cccc(F)c1[N+](=O)[O-])c1cccs1. The normalized spacial score (nSPS) is 11.3. The molecule has 0 aliphatic heterocycles. The minimum Gasteiger partial charge on any atom is -0.378 e. The van der Waals surface area contributed by atoms with E-state index in [1.54, 1.807) is 11.3 Å². The average Bonchev–Trinajstić information content (AvgIpc) is 2.90. The number of benzene rings is 1. The van der Waals surface area contributed by atoms with E-state index >= 15 is 0 Å². The van der Waals surface area contributed by atoms with E-state index in [4.69, 9.17) is 0 Å². The van der Waals surface area contributed by atoms with E-state index in [1.165, 1.54) is 17.0 Å². The van der Waals surface area contributed by atoms with Crippen LogP contribution in [0.1, 0.15) is 18.7 Å². The monoisotopic (exact) mass is 294 g/mol. The molecule has 0 unspecified atom stereocenters. The van der Waals surface area contributed by atoms with Crippen LogP contribution in [-0.4, -0.2) is 11.5 Å². The van der Waals surface area contributed by atoms with Gasteiger partial charge in [-0.25, -0.2) is 0 Å². The summed E-state index contributed by atoms with van der Waals surface area (Å²) in [4.78, 5) is 11.4. The number of halogens is 1. The number of nitro groups is 1. The van der Waals surface area contributed by atoms with Crippen molar-refractivity contribution >= 4 is 22.7 Å². The predicted octanol–water partition coefficient (Wildman–Crippen LogP) is 4.19. The van der Waals surface area contributed by atoms with E-state index in [1.807, 2.05) is 31.4 Å². The Morgan fingerprint density at radius 2 is 2.10 bits per heavy atom. The van der Waals surface area contributed by atoms with E-state index in [0.717, 1.165) is 6.07 Å². The molecule has 0 spiro atoms. The summed E-state index contributed by atoms with van der Waals surface area (Å²) >= 11 is 1.63. The van der Waals surface area contributed by atoms with Gasteiger partial charge in [-0.05, 0) is 23.6 Å². The van der Waals surface area contributed by atoms with E-state index in [-0.39, 0.29) is 11.1 Å². The summed E-state index contributed by atoms with van der Waals surface area (Å²) in [6.45, 7) is 4.56. The summed E-state index contributed by atoms with van der Waals surface area (Å²) in [5.74, 6) is -0.825. The minimum absolute atomic E-state index is 0.186. The Morgan fingerprint density at radius 3 is 2.70 bits per heavy atom. The zero-order chi connectivity index (χ0) is 14.8. The molecule has 0 radical (unpaired) electrons. The van der Waals surface area contributed by atoms with Crippen molar-refractivity contribution in [2.24, 2.45) is 0 Å². The number of nitrogens with one attached hydrogen (secondary N) is 1. The summed E-state index contributed by atoms with van der Waals surface area (Å²) in [6.07, 6.45) is 0. The molecular formula is C14H15FN2O2S. The molecule has 1 N–H and O–H groups in total. The van der Waals surface area contributed by atoms with Crippen LogP contribution in [0.2, 0.25) is 0 Å². The van der Waals surface area contributed by atoms with Gasteiger partial charge in [0, 0.05) is 16.8 Å². The van der Waals surface area contributed by atoms with Crippen LogP contribution in [0.25, 0.3) is 0 Å². The lowest BCUT2D eigenvalue weighted by Gasteiger charge is -2.24. The van der Waals surface area contributed by atoms with E-state index in [2.05, 4.69) is 5.32 Å². The predicted molar refractivity (Wildman–Crippen MR) is 78.9 cm³/mol. The van der Waals surface area contributed by atoms with Gasteiger partial charge in [0.05, 0.1) is 4.92 Å². The molecule has 1 aromatic carbocycles. The van der Waals surface area contributed by atoms with Crippen LogP contribution >= 0.6 is 11.3 Å². The topological polar surface area (TPSA) is 55.2 Å². The number of thiophene rings is 1. The molecule has 106 valence electrons. The zero-order valence-electron chi connectivity index (χ0n) is 11.2. The zero-order valence-corrected chi connectivity index (χ0v) is 12.0. The molecule has 0 saturated heterocycles. The fourth-order valence-corrected chi connectivity index (χ4v) is 2.76. The molecule has 0 fully saturated rings. The molecular weight excluding hydrogens is 279 g/mol. The van der Waals surface area contributed by atoms with Crippen LogP contribution in [0.15, 0.2) is 35.7 Å². The van der Waals surface area contributed by atoms with Gasteiger partial charge in [0.15, 0.2) is 0 Å². The number of nitro benzene ring substituents is 1. The van der Waals surface area contributed by atoms with Crippen molar-refractivity contribution in [3.63, 3.8) is 0 Å². The Bertz CT molecular complexity index is 612. The lowest BCUT2D eigenvalue weighted by atomic mass is 9.91.